The van der Waals surface area contributed by atoms with E-state index in [0.29, 0.717) is 5.56 Å². The van der Waals surface area contributed by atoms with Crippen LogP contribution in [0.3, 0.4) is 0 Å². The predicted molar refractivity (Wildman–Crippen MR) is 75.8 cm³/mol. The van der Waals surface area contributed by atoms with Crippen molar-refractivity contribution < 1.29 is 27.8 Å². The van der Waals surface area contributed by atoms with E-state index in [1.165, 1.54) is 6.07 Å². The number of carboxylic acids is 1. The van der Waals surface area contributed by atoms with Gasteiger partial charge in [-0.2, -0.15) is 13.2 Å². The number of ether oxygens (including phenoxy) is 1. The Labute approximate surface area is 128 Å². The number of carboxylic acid groups (broad SMARTS) is 1. The second kappa shape index (κ2) is 5.42. The molecule has 1 aliphatic heterocycles. The Kier molecular flexibility index (Phi) is 3.55. The Morgan fingerprint density at radius 1 is 1.22 bits per heavy atom. The molecule has 1 unspecified atom stereocenters. The molecular formula is C16H10F3NO3. The van der Waals surface area contributed by atoms with Crippen molar-refractivity contribution in [2.75, 3.05) is 0 Å². The predicted octanol–water partition coefficient (Wildman–Crippen LogP) is 3.54. The van der Waals surface area contributed by atoms with Gasteiger partial charge in [-0.1, -0.05) is 12.1 Å². The minimum absolute atomic E-state index is 0.00929. The molecule has 0 saturated heterocycles. The second-order valence-corrected chi connectivity index (χ2v) is 4.94. The van der Waals surface area contributed by atoms with Crippen LogP contribution < -0.4 is 4.74 Å². The first-order chi connectivity index (χ1) is 10.9. The fourth-order valence-electron chi connectivity index (χ4n) is 2.33. The quantitative estimate of drug-likeness (QED) is 0.919. The third kappa shape index (κ3) is 2.90. The molecule has 3 rings (SSSR count). The minimum atomic E-state index is -4.80. The van der Waals surface area contributed by atoms with Crippen LogP contribution in [0.5, 0.6) is 5.75 Å². The van der Waals surface area contributed by atoms with Crippen molar-refractivity contribution in [2.45, 2.75) is 12.3 Å². The van der Waals surface area contributed by atoms with Gasteiger partial charge >= 0.3 is 12.1 Å². The summed E-state index contributed by atoms with van der Waals surface area (Å²) in [5, 5.41) is 9.03. The van der Waals surface area contributed by atoms with Crippen LogP contribution in [0.2, 0.25) is 0 Å². The first-order valence-corrected chi connectivity index (χ1v) is 6.59. The van der Waals surface area contributed by atoms with Crippen LogP contribution >= 0.6 is 0 Å². The van der Waals surface area contributed by atoms with Gasteiger partial charge < -0.3 is 9.84 Å². The molecule has 0 amide bonds. The number of rotatable bonds is 2. The summed E-state index contributed by atoms with van der Waals surface area (Å²) in [4.78, 5) is 15.1. The van der Waals surface area contributed by atoms with Crippen LogP contribution in [-0.4, -0.2) is 28.3 Å². The summed E-state index contributed by atoms with van der Waals surface area (Å²) in [6.07, 6.45) is -3.08. The number of halogens is 3. The van der Waals surface area contributed by atoms with Crippen LogP contribution in [0.15, 0.2) is 48.3 Å². The smallest absolute Gasteiger partial charge is 0.430 e. The van der Waals surface area contributed by atoms with E-state index in [2.05, 4.69) is 4.98 Å². The molecule has 1 atom stereocenters. The van der Waals surface area contributed by atoms with Gasteiger partial charge in [0.2, 0.25) is 6.10 Å². The third-order valence-corrected chi connectivity index (χ3v) is 3.39. The van der Waals surface area contributed by atoms with E-state index in [1.54, 1.807) is 36.7 Å². The average molecular weight is 321 g/mol. The standard InChI is InChI=1S/C16H10F3NO3/c17-16(18,19)14-12(15(21)22)7-11-6-9(3-4-13(11)23-14)10-2-1-5-20-8-10/h1-8,14H,(H,21,22). The summed E-state index contributed by atoms with van der Waals surface area (Å²) < 4.78 is 43.7. The van der Waals surface area contributed by atoms with Crippen LogP contribution in [0, 0.1) is 0 Å². The molecule has 1 aromatic carbocycles. The minimum Gasteiger partial charge on any atom is -0.478 e. The highest BCUT2D eigenvalue weighted by Gasteiger charge is 2.48. The normalized spacial score (nSPS) is 17.0. The van der Waals surface area contributed by atoms with E-state index in [4.69, 9.17) is 9.84 Å². The zero-order valence-corrected chi connectivity index (χ0v) is 11.5. The lowest BCUT2D eigenvalue weighted by atomic mass is 9.98. The maximum atomic E-state index is 13.0. The highest BCUT2D eigenvalue weighted by Crippen LogP contribution is 2.38. The lowest BCUT2D eigenvalue weighted by Gasteiger charge is -2.27. The van der Waals surface area contributed by atoms with E-state index in [-0.39, 0.29) is 11.3 Å². The van der Waals surface area contributed by atoms with Crippen molar-refractivity contribution in [3.05, 3.63) is 53.9 Å². The Hall–Kier alpha value is -2.83. The number of aliphatic carboxylic acids is 1. The van der Waals surface area contributed by atoms with Crippen molar-refractivity contribution in [2.24, 2.45) is 0 Å². The number of aromatic nitrogens is 1. The van der Waals surface area contributed by atoms with Crippen molar-refractivity contribution >= 4 is 12.0 Å². The second-order valence-electron chi connectivity index (χ2n) is 4.94. The number of benzene rings is 1. The molecule has 1 N–H and O–H groups in total. The molecule has 4 nitrogen and oxygen atoms in total. The molecule has 0 fully saturated rings. The maximum Gasteiger partial charge on any atom is 0.430 e. The summed E-state index contributed by atoms with van der Waals surface area (Å²) in [5.74, 6) is -1.67. The summed E-state index contributed by atoms with van der Waals surface area (Å²) in [5.41, 5.74) is 0.906. The Bertz CT molecular complexity index is 785. The monoisotopic (exact) mass is 321 g/mol. The first kappa shape index (κ1) is 15.1. The van der Waals surface area contributed by atoms with E-state index in [0.717, 1.165) is 11.6 Å². The van der Waals surface area contributed by atoms with Gasteiger partial charge in [-0.25, -0.2) is 4.79 Å². The molecule has 1 aliphatic rings. The number of alkyl halides is 3. The molecule has 0 aliphatic carbocycles. The summed E-state index contributed by atoms with van der Waals surface area (Å²) in [6.45, 7) is 0. The fraction of sp³-hybridized carbons (Fsp3) is 0.125. The third-order valence-electron chi connectivity index (χ3n) is 3.39. The Balaban J connectivity index is 2.07. The Morgan fingerprint density at radius 3 is 2.61 bits per heavy atom. The lowest BCUT2D eigenvalue weighted by molar-refractivity contribution is -0.187. The summed E-state index contributed by atoms with van der Waals surface area (Å²) in [7, 11) is 0. The number of fused-ring (bicyclic) bond motifs is 1. The molecule has 2 heterocycles. The van der Waals surface area contributed by atoms with E-state index < -0.39 is 23.8 Å². The molecule has 0 bridgehead atoms. The lowest BCUT2D eigenvalue weighted by Crippen LogP contribution is -2.40. The van der Waals surface area contributed by atoms with Gasteiger partial charge in [0.25, 0.3) is 0 Å². The van der Waals surface area contributed by atoms with Gasteiger partial charge in [-0.3, -0.25) is 4.98 Å². The summed E-state index contributed by atoms with van der Waals surface area (Å²) in [6, 6.07) is 8.08. The van der Waals surface area contributed by atoms with Crippen molar-refractivity contribution in [3.8, 4) is 16.9 Å². The summed E-state index contributed by atoms with van der Waals surface area (Å²) >= 11 is 0. The van der Waals surface area contributed by atoms with Gasteiger partial charge in [0.05, 0.1) is 5.57 Å². The van der Waals surface area contributed by atoms with E-state index >= 15 is 0 Å². The van der Waals surface area contributed by atoms with Crippen LogP contribution in [0.4, 0.5) is 13.2 Å². The molecule has 7 heteroatoms. The Morgan fingerprint density at radius 2 is 2.00 bits per heavy atom. The molecule has 0 spiro atoms. The average Bonchev–Trinajstić information content (AvgIpc) is 2.53. The van der Waals surface area contributed by atoms with Gasteiger partial charge in [0.15, 0.2) is 0 Å². The zero-order valence-electron chi connectivity index (χ0n) is 11.5. The van der Waals surface area contributed by atoms with Crippen LogP contribution in [-0.2, 0) is 4.79 Å². The fourth-order valence-corrected chi connectivity index (χ4v) is 2.33. The van der Waals surface area contributed by atoms with E-state index in [1.807, 2.05) is 0 Å². The molecule has 118 valence electrons. The number of nitrogens with zero attached hydrogens (tertiary/aromatic N) is 1. The van der Waals surface area contributed by atoms with Gasteiger partial charge in [0.1, 0.15) is 5.75 Å². The molecule has 1 aromatic heterocycles. The maximum absolute atomic E-state index is 13.0. The topological polar surface area (TPSA) is 59.4 Å². The highest BCUT2D eigenvalue weighted by atomic mass is 19.4. The molecule has 2 aromatic rings. The largest absolute Gasteiger partial charge is 0.478 e. The van der Waals surface area contributed by atoms with Crippen LogP contribution in [0.1, 0.15) is 5.56 Å². The number of hydrogen-bond acceptors (Lipinski definition) is 3. The number of hydrogen-bond donors (Lipinski definition) is 1. The van der Waals surface area contributed by atoms with Crippen LogP contribution in [0.25, 0.3) is 17.2 Å². The molecule has 23 heavy (non-hydrogen) atoms. The number of pyridine rings is 1. The zero-order chi connectivity index (χ0) is 16.6. The highest BCUT2D eigenvalue weighted by molar-refractivity contribution is 5.95. The first-order valence-electron chi connectivity index (χ1n) is 6.59. The van der Waals surface area contributed by atoms with Gasteiger partial charge in [0, 0.05) is 23.5 Å². The molecular weight excluding hydrogens is 311 g/mol. The molecule has 0 saturated carbocycles. The van der Waals surface area contributed by atoms with Gasteiger partial charge in [-0.15, -0.1) is 0 Å². The van der Waals surface area contributed by atoms with Crippen molar-refractivity contribution in [1.82, 2.24) is 4.98 Å². The van der Waals surface area contributed by atoms with E-state index in [9.17, 15) is 18.0 Å². The van der Waals surface area contributed by atoms with Crippen molar-refractivity contribution in [1.29, 1.82) is 0 Å². The SMILES string of the molecule is O=C(O)C1=Cc2cc(-c3cccnc3)ccc2OC1C(F)(F)F. The van der Waals surface area contributed by atoms with Crippen molar-refractivity contribution in [3.63, 3.8) is 0 Å². The van der Waals surface area contributed by atoms with Gasteiger partial charge in [-0.05, 0) is 29.8 Å². The number of carbonyl (C=O) groups is 1. The molecule has 0 radical (unpaired) electrons.